The van der Waals surface area contributed by atoms with E-state index in [0.717, 1.165) is 172 Å². The second kappa shape index (κ2) is 32.0. The van der Waals surface area contributed by atoms with Crippen LogP contribution in [0.1, 0.15) is 49.9 Å². The molecule has 31 rings (SSSR count). The molecule has 2 aliphatic rings. The molecular formula is C135H88N6O3. The fraction of sp³-hybridized carbons (Fsp3) is 0.0444. The number of furan rings is 3. The Bertz CT molecular complexity index is 10400. The minimum Gasteiger partial charge on any atom is -0.456 e. The van der Waals surface area contributed by atoms with Gasteiger partial charge in [-0.2, -0.15) is 0 Å². The molecule has 9 heteroatoms. The number of para-hydroxylation sites is 7. The molecule has 0 spiro atoms. The van der Waals surface area contributed by atoms with Crippen LogP contribution in [0.4, 0.5) is 0 Å². The van der Waals surface area contributed by atoms with Crippen LogP contribution in [0, 0.1) is 0 Å². The van der Waals surface area contributed by atoms with Gasteiger partial charge in [-0.1, -0.05) is 331 Å². The fourth-order valence-electron chi connectivity index (χ4n) is 24.1. The molecule has 9 nitrogen and oxygen atoms in total. The molecule has 0 aliphatic heterocycles. The van der Waals surface area contributed by atoms with E-state index in [9.17, 15) is 0 Å². The molecule has 144 heavy (non-hydrogen) atoms. The topological polar surface area (TPSA) is 92.9 Å². The van der Waals surface area contributed by atoms with Crippen molar-refractivity contribution in [1.29, 1.82) is 0 Å². The summed E-state index contributed by atoms with van der Waals surface area (Å²) in [5, 5.41) is 17.5. The predicted molar refractivity (Wildman–Crippen MR) is 598 cm³/mol. The Hall–Kier alpha value is -18.6. The van der Waals surface area contributed by atoms with Crippen LogP contribution in [0.15, 0.2) is 474 Å². The summed E-state index contributed by atoms with van der Waals surface area (Å²) in [5.41, 5.74) is 42.3. The molecule has 0 N–H and O–H groups in total. The molecule has 676 valence electrons. The summed E-state index contributed by atoms with van der Waals surface area (Å²) in [4.78, 5) is 15.3. The Morgan fingerprint density at radius 2 is 0.486 bits per heavy atom. The first-order valence-electron chi connectivity index (χ1n) is 49.5. The van der Waals surface area contributed by atoms with Gasteiger partial charge in [0.2, 0.25) is 0 Å². The molecular weight excluding hydrogens is 1750 g/mol. The van der Waals surface area contributed by atoms with Crippen molar-refractivity contribution in [3.63, 3.8) is 0 Å². The van der Waals surface area contributed by atoms with E-state index in [1.54, 1.807) is 0 Å². The smallest absolute Gasteiger partial charge is 0.137 e. The van der Waals surface area contributed by atoms with E-state index in [1.807, 2.05) is 12.1 Å². The van der Waals surface area contributed by atoms with Gasteiger partial charge in [-0.15, -0.1) is 0 Å². The Kier molecular flexibility index (Phi) is 18.3. The number of benzene rings is 20. The summed E-state index contributed by atoms with van der Waals surface area (Å²) < 4.78 is 27.1. The van der Waals surface area contributed by atoms with Crippen LogP contribution in [0.5, 0.6) is 0 Å². The van der Waals surface area contributed by atoms with Gasteiger partial charge in [0.15, 0.2) is 0 Å². The Morgan fingerprint density at radius 3 is 0.931 bits per heavy atom. The summed E-state index contributed by atoms with van der Waals surface area (Å²) in [5.74, 6) is 0. The molecule has 0 fully saturated rings. The third-order valence-electron chi connectivity index (χ3n) is 30.8. The van der Waals surface area contributed by atoms with Gasteiger partial charge in [0.05, 0.1) is 66.7 Å². The zero-order valence-corrected chi connectivity index (χ0v) is 79.3. The van der Waals surface area contributed by atoms with Gasteiger partial charge in [0.25, 0.3) is 0 Å². The van der Waals surface area contributed by atoms with E-state index >= 15 is 0 Å². The van der Waals surface area contributed by atoms with E-state index in [2.05, 4.69) is 490 Å². The van der Waals surface area contributed by atoms with Crippen LogP contribution in [0.2, 0.25) is 0 Å². The van der Waals surface area contributed by atoms with Crippen LogP contribution < -0.4 is 0 Å². The number of hydrogen-bond donors (Lipinski definition) is 0. The zero-order valence-electron chi connectivity index (χ0n) is 79.3. The van der Waals surface area contributed by atoms with Crippen molar-refractivity contribution in [2.75, 3.05) is 0 Å². The SMILES string of the molecule is CC1(C)c2ccccc2-c2cc3c(cc21)c1ccccc1n3-c1ccc2c(c1)oc1cccc(-c3cc(-c4ccccc4)nc4ccccc34)c12.CC1(C)c2ccccc2-c2cc3c4ccccc4n(-c4ccc5c(c4)oc4cccc(-c6cc(-c7ccccc7)nc7ccccc67)c45)c3cc21.c1ccc(-c2cc(-c3cccc4oc5cc(-n6c7ccccc7c7ccccc76)ccc5c34)nc3ccccc23)cc1. The van der Waals surface area contributed by atoms with Gasteiger partial charge >= 0.3 is 0 Å². The quantitative estimate of drug-likeness (QED) is 0.143. The molecule has 9 heterocycles. The molecule has 20 aromatic carbocycles. The molecule has 0 saturated heterocycles. The van der Waals surface area contributed by atoms with Crippen molar-refractivity contribution >= 4 is 164 Å². The van der Waals surface area contributed by atoms with Gasteiger partial charge in [-0.3, -0.25) is 0 Å². The van der Waals surface area contributed by atoms with Gasteiger partial charge < -0.3 is 27.0 Å². The van der Waals surface area contributed by atoms with Crippen LogP contribution in [0.25, 0.3) is 270 Å². The average molecular weight is 1840 g/mol. The average Bonchev–Trinajstić information content (AvgIpc) is 1.55. The van der Waals surface area contributed by atoms with Crippen molar-refractivity contribution in [2.45, 2.75) is 38.5 Å². The number of rotatable bonds is 9. The molecule has 0 radical (unpaired) electrons. The summed E-state index contributed by atoms with van der Waals surface area (Å²) in [6.45, 7) is 9.40. The number of pyridine rings is 3. The third-order valence-corrected chi connectivity index (χ3v) is 30.8. The van der Waals surface area contributed by atoms with Crippen molar-refractivity contribution < 1.29 is 13.3 Å². The number of hydrogen-bond acceptors (Lipinski definition) is 6. The monoisotopic (exact) mass is 1840 g/mol. The highest BCUT2D eigenvalue weighted by Gasteiger charge is 2.39. The van der Waals surface area contributed by atoms with Crippen molar-refractivity contribution in [3.05, 3.63) is 483 Å². The van der Waals surface area contributed by atoms with E-state index in [0.29, 0.717) is 0 Å². The maximum atomic E-state index is 6.72. The Balaban J connectivity index is 0.000000103. The summed E-state index contributed by atoms with van der Waals surface area (Å²) in [7, 11) is 0. The normalized spacial score (nSPS) is 13.0. The fourth-order valence-corrected chi connectivity index (χ4v) is 24.1. The van der Waals surface area contributed by atoms with Crippen LogP contribution in [-0.4, -0.2) is 28.7 Å². The number of fused-ring (bicyclic) bond motifs is 27. The van der Waals surface area contributed by atoms with Crippen molar-refractivity contribution in [1.82, 2.24) is 28.7 Å². The molecule has 9 aromatic heterocycles. The Labute approximate surface area is 828 Å². The predicted octanol–water partition coefficient (Wildman–Crippen LogP) is 36.3. The lowest BCUT2D eigenvalue weighted by Crippen LogP contribution is -2.14. The minimum atomic E-state index is -0.0853. The lowest BCUT2D eigenvalue weighted by Gasteiger charge is -2.21. The first-order chi connectivity index (χ1) is 70.9. The van der Waals surface area contributed by atoms with Crippen molar-refractivity contribution in [3.8, 4) is 106 Å². The standard InChI is InChI=1S/2C48H32N2O.C39H24N2O/c1-48(2)39-19-9-6-15-31(39)37-28-44-38(26-40(37)48)33-17-8-11-21-43(33)50(44)30-23-24-35-46(25-30)51-45-22-12-18-34(47(35)45)36-27-42(29-13-4-3-5-14-29)49-41-20-10-7-16-32(36)41;1-48(2)39-19-9-6-15-31(39)37-26-38-33-17-8-11-21-43(33)50(44(38)28-40(37)48)30-23-24-35-46(25-30)51-45-22-12-18-34(47(35)45)36-27-42(29-13-4-3-5-14-29)49-41-20-10-7-16-32(36)41;1-2-11-25(12-3-1)32-24-34(40-33-17-7-4-13-27(32)33)30-16-10-20-37-39(30)31-22-21-26(23-38(31)42-37)41-35-18-8-5-14-28(35)29-15-6-9-19-36(29)41/h2*3-28H,1-2H3;1-24H. The van der Waals surface area contributed by atoms with Gasteiger partial charge in [0.1, 0.15) is 33.5 Å². The lowest BCUT2D eigenvalue weighted by molar-refractivity contribution is 0.661. The molecule has 0 bridgehead atoms. The van der Waals surface area contributed by atoms with Gasteiger partial charge in [-0.25, -0.2) is 15.0 Å². The molecule has 2 aliphatic carbocycles. The largest absolute Gasteiger partial charge is 0.456 e. The van der Waals surface area contributed by atoms with Crippen LogP contribution in [0.3, 0.4) is 0 Å². The van der Waals surface area contributed by atoms with Gasteiger partial charge in [-0.05, 0) is 217 Å². The highest BCUT2D eigenvalue weighted by atomic mass is 16.3. The summed E-state index contributed by atoms with van der Waals surface area (Å²) in [6.07, 6.45) is 0. The molecule has 0 saturated carbocycles. The molecule has 0 amide bonds. The van der Waals surface area contributed by atoms with E-state index < -0.39 is 0 Å². The Morgan fingerprint density at radius 1 is 0.174 bits per heavy atom. The second-order valence-corrected chi connectivity index (χ2v) is 39.4. The lowest BCUT2D eigenvalue weighted by atomic mass is 9.82. The first-order valence-corrected chi connectivity index (χ1v) is 49.5. The third kappa shape index (κ3) is 12.7. The van der Waals surface area contributed by atoms with E-state index in [-0.39, 0.29) is 10.8 Å². The first kappa shape index (κ1) is 82.5. The molecule has 29 aromatic rings. The maximum absolute atomic E-state index is 6.72. The summed E-state index contributed by atoms with van der Waals surface area (Å²) in [6, 6.07) is 165. The van der Waals surface area contributed by atoms with E-state index in [1.165, 1.54) is 121 Å². The molecule has 0 atom stereocenters. The highest BCUT2D eigenvalue weighted by Crippen LogP contribution is 2.55. The second-order valence-electron chi connectivity index (χ2n) is 39.4. The van der Waals surface area contributed by atoms with Gasteiger partial charge in [0, 0.05) is 144 Å². The number of aromatic nitrogens is 6. The van der Waals surface area contributed by atoms with Crippen molar-refractivity contribution in [2.24, 2.45) is 0 Å². The zero-order chi connectivity index (χ0) is 95.3. The summed E-state index contributed by atoms with van der Waals surface area (Å²) >= 11 is 0. The van der Waals surface area contributed by atoms with Crippen LogP contribution in [-0.2, 0) is 10.8 Å². The highest BCUT2D eigenvalue weighted by molar-refractivity contribution is 6.21. The number of nitrogens with zero attached hydrogens (tertiary/aromatic N) is 6. The maximum Gasteiger partial charge on any atom is 0.137 e. The molecule has 0 unspecified atom stereocenters. The minimum absolute atomic E-state index is 0.0593. The van der Waals surface area contributed by atoms with Crippen LogP contribution >= 0.6 is 0 Å². The van der Waals surface area contributed by atoms with E-state index in [4.69, 9.17) is 28.2 Å².